The third-order valence-electron chi connectivity index (χ3n) is 3.57. The van der Waals surface area contributed by atoms with Gasteiger partial charge in [0.05, 0.1) is 25.2 Å². The first kappa shape index (κ1) is 18.9. The molecule has 2 unspecified atom stereocenters. The quantitative estimate of drug-likeness (QED) is 0.427. The summed E-state index contributed by atoms with van der Waals surface area (Å²) in [6.07, 6.45) is -2.42. The van der Waals surface area contributed by atoms with Crippen molar-refractivity contribution in [2.24, 2.45) is 5.92 Å². The third-order valence-corrected chi connectivity index (χ3v) is 5.04. The predicted octanol–water partition coefficient (Wildman–Crippen LogP) is 0.759. The van der Waals surface area contributed by atoms with Gasteiger partial charge in [-0.25, -0.2) is 4.57 Å². The highest BCUT2D eigenvalue weighted by atomic mass is 31.2. The SMILES string of the molecule is [B][C@@H]1O[C@@H]2COP(=O)(OCCC(C)C(=O)OC(C)C)O[C@H]2[C@H]1O. The lowest BCUT2D eigenvalue weighted by Crippen LogP contribution is -2.40. The summed E-state index contributed by atoms with van der Waals surface area (Å²) in [5.74, 6) is -0.756. The summed E-state index contributed by atoms with van der Waals surface area (Å²) < 4.78 is 38.2. The summed E-state index contributed by atoms with van der Waals surface area (Å²) in [7, 11) is 1.74. The molecule has 0 aromatic heterocycles. The molecule has 0 bridgehead atoms. The predicted molar refractivity (Wildman–Crippen MR) is 79.8 cm³/mol. The van der Waals surface area contributed by atoms with Crippen LogP contribution in [0.4, 0.5) is 0 Å². The van der Waals surface area contributed by atoms with Crippen molar-refractivity contribution in [3.05, 3.63) is 0 Å². The van der Waals surface area contributed by atoms with Crippen molar-refractivity contribution in [1.82, 2.24) is 0 Å². The average Bonchev–Trinajstić information content (AvgIpc) is 2.73. The molecule has 23 heavy (non-hydrogen) atoms. The maximum absolute atomic E-state index is 12.4. The molecule has 2 fully saturated rings. The Balaban J connectivity index is 1.79. The second-order valence-electron chi connectivity index (χ2n) is 5.95. The summed E-state index contributed by atoms with van der Waals surface area (Å²) in [6, 6.07) is -0.911. The summed E-state index contributed by atoms with van der Waals surface area (Å²) >= 11 is 0. The molecule has 8 nitrogen and oxygen atoms in total. The van der Waals surface area contributed by atoms with E-state index in [2.05, 4.69) is 0 Å². The summed E-state index contributed by atoms with van der Waals surface area (Å²) in [5, 5.41) is 9.83. The number of carbonyl (C=O) groups is 1. The Hall–Kier alpha value is -0.435. The van der Waals surface area contributed by atoms with E-state index in [1.165, 1.54) is 0 Å². The van der Waals surface area contributed by atoms with Crippen LogP contribution < -0.4 is 0 Å². The maximum Gasteiger partial charge on any atom is 0.475 e. The fourth-order valence-electron chi connectivity index (χ4n) is 2.25. The fourth-order valence-corrected chi connectivity index (χ4v) is 3.66. The molecule has 2 aliphatic heterocycles. The minimum atomic E-state index is -3.81. The molecule has 2 heterocycles. The zero-order valence-corrected chi connectivity index (χ0v) is 14.3. The van der Waals surface area contributed by atoms with Gasteiger partial charge < -0.3 is 14.6 Å². The zero-order chi connectivity index (χ0) is 17.2. The molecular formula is C13H22BO8P. The maximum atomic E-state index is 12.4. The highest BCUT2D eigenvalue weighted by molar-refractivity contribution is 7.48. The minimum Gasteiger partial charge on any atom is -0.463 e. The molecular weight excluding hydrogens is 326 g/mol. The van der Waals surface area contributed by atoms with E-state index >= 15 is 0 Å². The van der Waals surface area contributed by atoms with E-state index in [-0.39, 0.29) is 25.3 Å². The number of aliphatic hydroxyl groups is 1. The number of hydrogen-bond acceptors (Lipinski definition) is 8. The molecule has 1 N–H and O–H groups in total. The smallest absolute Gasteiger partial charge is 0.463 e. The van der Waals surface area contributed by atoms with Gasteiger partial charge in [-0.05, 0) is 20.3 Å². The van der Waals surface area contributed by atoms with E-state index < -0.39 is 38.1 Å². The van der Waals surface area contributed by atoms with Gasteiger partial charge in [-0.1, -0.05) is 6.92 Å². The molecule has 2 rings (SSSR count). The van der Waals surface area contributed by atoms with E-state index in [0.29, 0.717) is 6.42 Å². The van der Waals surface area contributed by atoms with E-state index in [1.54, 1.807) is 20.8 Å². The van der Waals surface area contributed by atoms with Crippen molar-refractivity contribution in [2.75, 3.05) is 13.2 Å². The number of esters is 1. The van der Waals surface area contributed by atoms with E-state index in [9.17, 15) is 14.5 Å². The van der Waals surface area contributed by atoms with Crippen LogP contribution in [0.15, 0.2) is 0 Å². The fraction of sp³-hybridized carbons (Fsp3) is 0.923. The van der Waals surface area contributed by atoms with Crippen molar-refractivity contribution in [1.29, 1.82) is 0 Å². The monoisotopic (exact) mass is 348 g/mol. The van der Waals surface area contributed by atoms with Gasteiger partial charge in [0, 0.05) is 6.00 Å². The van der Waals surface area contributed by atoms with Crippen LogP contribution in [-0.2, 0) is 32.4 Å². The van der Waals surface area contributed by atoms with Crippen LogP contribution in [0.3, 0.4) is 0 Å². The number of fused-ring (bicyclic) bond motifs is 1. The zero-order valence-electron chi connectivity index (χ0n) is 13.4. The Labute approximate surface area is 136 Å². The second kappa shape index (κ2) is 7.63. The van der Waals surface area contributed by atoms with E-state index in [0.717, 1.165) is 0 Å². The number of phosphoric acid groups is 1. The molecule has 0 spiro atoms. The van der Waals surface area contributed by atoms with Crippen LogP contribution in [0.2, 0.25) is 0 Å². The van der Waals surface area contributed by atoms with Gasteiger partial charge in [0.1, 0.15) is 26.2 Å². The highest BCUT2D eigenvalue weighted by Crippen LogP contribution is 2.55. The van der Waals surface area contributed by atoms with E-state index in [1.807, 2.05) is 0 Å². The number of rotatable bonds is 6. The first-order valence-corrected chi connectivity index (χ1v) is 9.05. The first-order chi connectivity index (χ1) is 10.7. The Kier molecular flexibility index (Phi) is 6.27. The van der Waals surface area contributed by atoms with Gasteiger partial charge in [-0.3, -0.25) is 18.4 Å². The van der Waals surface area contributed by atoms with Crippen LogP contribution in [-0.4, -0.2) is 62.6 Å². The van der Waals surface area contributed by atoms with Gasteiger partial charge in [0.15, 0.2) is 0 Å². The largest absolute Gasteiger partial charge is 0.475 e. The molecule has 0 saturated carbocycles. The van der Waals surface area contributed by atoms with Crippen LogP contribution in [0, 0.1) is 5.92 Å². The lowest BCUT2D eigenvalue weighted by atomic mass is 9.93. The Morgan fingerprint density at radius 3 is 2.78 bits per heavy atom. The molecule has 10 heteroatoms. The van der Waals surface area contributed by atoms with E-state index in [4.69, 9.17) is 30.9 Å². The second-order valence-corrected chi connectivity index (χ2v) is 7.57. The van der Waals surface area contributed by atoms with Gasteiger partial charge >= 0.3 is 13.8 Å². The lowest BCUT2D eigenvalue weighted by Gasteiger charge is -2.31. The lowest BCUT2D eigenvalue weighted by molar-refractivity contribution is -0.152. The number of aliphatic hydroxyl groups excluding tert-OH is 1. The van der Waals surface area contributed by atoms with Crippen molar-refractivity contribution in [2.45, 2.75) is 57.6 Å². The van der Waals surface area contributed by atoms with Gasteiger partial charge in [0.2, 0.25) is 0 Å². The standard InChI is InChI=1S/C13H22BO8P/c1-7(2)20-13(16)8(3)4-5-18-23(17)19-6-9-11(22-23)10(15)12(14)21-9/h7-12,15H,4-6H2,1-3H3/t8?,9-,10-,11-,12-,23?/m1/s1. The van der Waals surface area contributed by atoms with Crippen LogP contribution in [0.5, 0.6) is 0 Å². The molecule has 6 atom stereocenters. The van der Waals surface area contributed by atoms with Crippen molar-refractivity contribution in [3.63, 3.8) is 0 Å². The normalized spacial score (nSPS) is 38.3. The molecule has 2 aliphatic rings. The average molecular weight is 348 g/mol. The van der Waals surface area contributed by atoms with Crippen LogP contribution in [0.1, 0.15) is 27.2 Å². The first-order valence-electron chi connectivity index (χ1n) is 7.59. The van der Waals surface area contributed by atoms with Gasteiger partial charge in [0.25, 0.3) is 0 Å². The number of ether oxygens (including phenoxy) is 2. The molecule has 130 valence electrons. The van der Waals surface area contributed by atoms with Crippen molar-refractivity contribution < 1.29 is 37.5 Å². The topological polar surface area (TPSA) is 101 Å². The number of carbonyl (C=O) groups excluding carboxylic acids is 1. The van der Waals surface area contributed by atoms with Crippen molar-refractivity contribution >= 4 is 21.6 Å². The van der Waals surface area contributed by atoms with Crippen molar-refractivity contribution in [3.8, 4) is 0 Å². The molecule has 0 amide bonds. The summed E-state index contributed by atoms with van der Waals surface area (Å²) in [6.45, 7) is 5.16. The molecule has 0 aliphatic carbocycles. The van der Waals surface area contributed by atoms with Crippen LogP contribution >= 0.6 is 7.82 Å². The Bertz CT molecular complexity index is 473. The Morgan fingerprint density at radius 2 is 2.13 bits per heavy atom. The van der Waals surface area contributed by atoms with Crippen LogP contribution in [0.25, 0.3) is 0 Å². The molecule has 0 aromatic carbocycles. The molecule has 0 aromatic rings. The number of hydrogen-bond donors (Lipinski definition) is 1. The summed E-state index contributed by atoms with van der Waals surface area (Å²) in [4.78, 5) is 11.7. The highest BCUT2D eigenvalue weighted by Gasteiger charge is 2.51. The van der Waals surface area contributed by atoms with Gasteiger partial charge in [-0.15, -0.1) is 0 Å². The third kappa shape index (κ3) is 4.78. The molecule has 2 saturated heterocycles. The number of phosphoric ester groups is 1. The van der Waals surface area contributed by atoms with Gasteiger partial charge in [-0.2, -0.15) is 0 Å². The molecule has 2 radical (unpaired) electrons. The minimum absolute atomic E-state index is 0.00790. The Morgan fingerprint density at radius 1 is 1.43 bits per heavy atom. The summed E-state index contributed by atoms with van der Waals surface area (Å²) in [5.41, 5.74) is 0.